The Morgan fingerprint density at radius 3 is 3.00 bits per heavy atom. The molecule has 0 bridgehead atoms. The summed E-state index contributed by atoms with van der Waals surface area (Å²) in [5, 5.41) is 7.61. The lowest BCUT2D eigenvalue weighted by Gasteiger charge is -2.12. The molecule has 106 valence electrons. The fourth-order valence-corrected chi connectivity index (χ4v) is 2.70. The average molecular weight is 310 g/mol. The minimum Gasteiger partial charge on any atom is -0.323 e. The van der Waals surface area contributed by atoms with E-state index in [0.29, 0.717) is 22.2 Å². The Morgan fingerprint density at radius 2 is 2.30 bits per heavy atom. The van der Waals surface area contributed by atoms with Crippen LogP contribution in [0.25, 0.3) is 5.69 Å². The van der Waals surface area contributed by atoms with E-state index in [0.717, 1.165) is 12.2 Å². The van der Waals surface area contributed by atoms with Crippen LogP contribution < -0.4 is 5.32 Å². The summed E-state index contributed by atoms with van der Waals surface area (Å²) in [5.41, 5.74) is 1.36. The van der Waals surface area contributed by atoms with E-state index in [1.807, 2.05) is 18.2 Å². The minimum absolute atomic E-state index is 0.0286. The molecule has 0 unspecified atom stereocenters. The zero-order valence-electron chi connectivity index (χ0n) is 11.2. The van der Waals surface area contributed by atoms with Crippen molar-refractivity contribution in [3.05, 3.63) is 41.7 Å². The monoisotopic (exact) mass is 309 g/mol. The highest BCUT2D eigenvalue weighted by atomic mass is 35.5. The fraction of sp³-hybridized carbons (Fsp3) is 0.286. The molecule has 0 spiro atoms. The molecular weight excluding hydrogens is 294 g/mol. The number of rotatable bonds is 6. The summed E-state index contributed by atoms with van der Waals surface area (Å²) in [6.45, 7) is 2.09. The Bertz CT molecular complexity index is 572. The van der Waals surface area contributed by atoms with Gasteiger partial charge >= 0.3 is 0 Å². The zero-order chi connectivity index (χ0) is 14.4. The third kappa shape index (κ3) is 3.77. The summed E-state index contributed by atoms with van der Waals surface area (Å²) in [7, 11) is 0. The van der Waals surface area contributed by atoms with Gasteiger partial charge in [0.15, 0.2) is 0 Å². The van der Waals surface area contributed by atoms with E-state index in [9.17, 15) is 4.79 Å². The van der Waals surface area contributed by atoms with Gasteiger partial charge in [-0.15, -0.1) is 0 Å². The number of amides is 1. The van der Waals surface area contributed by atoms with Crippen molar-refractivity contribution < 1.29 is 4.79 Å². The lowest BCUT2D eigenvalue weighted by molar-refractivity contribution is -0.113. The first kappa shape index (κ1) is 14.9. The Kier molecular flexibility index (Phi) is 5.49. The summed E-state index contributed by atoms with van der Waals surface area (Å²) >= 11 is 7.83. The van der Waals surface area contributed by atoms with Crippen molar-refractivity contribution in [2.45, 2.75) is 13.3 Å². The molecule has 0 radical (unpaired) electrons. The first-order chi connectivity index (χ1) is 9.72. The summed E-state index contributed by atoms with van der Waals surface area (Å²) in [4.78, 5) is 11.9. The molecule has 1 amide bonds. The Balaban J connectivity index is 2.16. The maximum absolute atomic E-state index is 11.9. The highest BCUT2D eigenvalue weighted by Crippen LogP contribution is 2.28. The van der Waals surface area contributed by atoms with Gasteiger partial charge in [0.25, 0.3) is 0 Å². The predicted octanol–water partition coefficient (Wildman–Crippen LogP) is 3.61. The lowest BCUT2D eigenvalue weighted by Crippen LogP contribution is -2.16. The minimum atomic E-state index is -0.0286. The van der Waals surface area contributed by atoms with Gasteiger partial charge in [-0.3, -0.25) is 4.79 Å². The van der Waals surface area contributed by atoms with E-state index < -0.39 is 0 Å². The van der Waals surface area contributed by atoms with Gasteiger partial charge in [0.2, 0.25) is 5.91 Å². The van der Waals surface area contributed by atoms with Crippen molar-refractivity contribution in [1.29, 1.82) is 0 Å². The number of carbonyl (C=O) groups is 1. The summed E-state index contributed by atoms with van der Waals surface area (Å²) < 4.78 is 1.65. The maximum atomic E-state index is 11.9. The number of nitrogens with one attached hydrogen (secondary N) is 1. The number of aromatic nitrogens is 2. The third-order valence-electron chi connectivity index (χ3n) is 2.58. The fourth-order valence-electron chi connectivity index (χ4n) is 1.75. The topological polar surface area (TPSA) is 46.9 Å². The van der Waals surface area contributed by atoms with E-state index in [2.05, 4.69) is 17.3 Å². The second kappa shape index (κ2) is 7.36. The maximum Gasteiger partial charge on any atom is 0.234 e. The molecule has 0 saturated heterocycles. The molecule has 0 saturated carbocycles. The first-order valence-corrected chi connectivity index (χ1v) is 7.91. The predicted molar refractivity (Wildman–Crippen MR) is 84.8 cm³/mol. The van der Waals surface area contributed by atoms with Gasteiger partial charge in [-0.2, -0.15) is 16.9 Å². The molecule has 2 rings (SSSR count). The number of halogens is 1. The van der Waals surface area contributed by atoms with Crippen LogP contribution >= 0.6 is 23.4 Å². The van der Waals surface area contributed by atoms with Crippen molar-refractivity contribution in [3.8, 4) is 5.69 Å². The van der Waals surface area contributed by atoms with Crippen molar-refractivity contribution in [3.63, 3.8) is 0 Å². The molecule has 6 heteroatoms. The van der Waals surface area contributed by atoms with E-state index >= 15 is 0 Å². The number of para-hydroxylation sites is 1. The van der Waals surface area contributed by atoms with Gasteiger partial charge in [-0.05, 0) is 30.4 Å². The Hall–Kier alpha value is -1.46. The van der Waals surface area contributed by atoms with Gasteiger partial charge in [-0.1, -0.05) is 24.6 Å². The van der Waals surface area contributed by atoms with Crippen LogP contribution in [0.2, 0.25) is 5.02 Å². The van der Waals surface area contributed by atoms with Crippen LogP contribution in [0.4, 0.5) is 5.69 Å². The van der Waals surface area contributed by atoms with Gasteiger partial charge in [0.05, 0.1) is 16.5 Å². The van der Waals surface area contributed by atoms with E-state index in [4.69, 9.17) is 11.6 Å². The van der Waals surface area contributed by atoms with Gasteiger partial charge in [0, 0.05) is 12.4 Å². The van der Waals surface area contributed by atoms with Crippen molar-refractivity contribution >= 4 is 35.0 Å². The summed E-state index contributed by atoms with van der Waals surface area (Å²) in [5.74, 6) is 1.40. The average Bonchev–Trinajstić information content (AvgIpc) is 2.93. The van der Waals surface area contributed by atoms with Gasteiger partial charge in [0.1, 0.15) is 5.69 Å². The molecule has 4 nitrogen and oxygen atoms in total. The number of hydrogen-bond acceptors (Lipinski definition) is 3. The number of hydrogen-bond donors (Lipinski definition) is 1. The molecule has 1 aromatic heterocycles. The van der Waals surface area contributed by atoms with E-state index in [-0.39, 0.29) is 5.91 Å². The molecule has 20 heavy (non-hydrogen) atoms. The number of thioether (sulfide) groups is 1. The molecule has 0 aliphatic carbocycles. The van der Waals surface area contributed by atoms with E-state index in [1.54, 1.807) is 34.9 Å². The Morgan fingerprint density at radius 1 is 1.45 bits per heavy atom. The quantitative estimate of drug-likeness (QED) is 0.829. The van der Waals surface area contributed by atoms with Gasteiger partial charge < -0.3 is 5.32 Å². The molecule has 0 aliphatic rings. The molecule has 1 N–H and O–H groups in total. The van der Waals surface area contributed by atoms with E-state index in [1.165, 1.54) is 0 Å². The van der Waals surface area contributed by atoms with Crippen molar-refractivity contribution in [2.75, 3.05) is 16.8 Å². The summed E-state index contributed by atoms with van der Waals surface area (Å²) in [6.07, 6.45) is 4.53. The van der Waals surface area contributed by atoms with Crippen molar-refractivity contribution in [1.82, 2.24) is 9.78 Å². The highest BCUT2D eigenvalue weighted by Gasteiger charge is 2.12. The normalized spacial score (nSPS) is 10.5. The first-order valence-electron chi connectivity index (χ1n) is 6.38. The smallest absolute Gasteiger partial charge is 0.234 e. The van der Waals surface area contributed by atoms with Crippen LogP contribution in [0.3, 0.4) is 0 Å². The zero-order valence-corrected chi connectivity index (χ0v) is 12.7. The SMILES string of the molecule is CCCSCC(=O)Nc1cccc(Cl)c1-n1cccn1. The van der Waals surface area contributed by atoms with Crippen LogP contribution in [-0.4, -0.2) is 27.2 Å². The van der Waals surface area contributed by atoms with Gasteiger partial charge in [-0.25, -0.2) is 4.68 Å². The van der Waals surface area contributed by atoms with Crippen LogP contribution in [-0.2, 0) is 4.79 Å². The number of nitrogens with zero attached hydrogens (tertiary/aromatic N) is 2. The molecule has 0 atom stereocenters. The van der Waals surface area contributed by atoms with Crippen LogP contribution in [0.5, 0.6) is 0 Å². The number of carbonyl (C=O) groups excluding carboxylic acids is 1. The molecular formula is C14H16ClN3OS. The van der Waals surface area contributed by atoms with Crippen LogP contribution in [0.1, 0.15) is 13.3 Å². The molecule has 0 aliphatic heterocycles. The third-order valence-corrected chi connectivity index (χ3v) is 4.04. The standard InChI is InChI=1S/C14H16ClN3OS/c1-2-9-20-10-13(19)17-12-6-3-5-11(15)14(12)18-8-4-7-16-18/h3-8H,2,9-10H2,1H3,(H,17,19). The summed E-state index contributed by atoms with van der Waals surface area (Å²) in [6, 6.07) is 7.22. The van der Waals surface area contributed by atoms with Crippen LogP contribution in [0, 0.1) is 0 Å². The largest absolute Gasteiger partial charge is 0.323 e. The number of benzene rings is 1. The second-order valence-corrected chi connectivity index (χ2v) is 5.70. The number of anilines is 1. The lowest BCUT2D eigenvalue weighted by atomic mass is 10.2. The Labute approximate surface area is 127 Å². The molecule has 0 fully saturated rings. The molecule has 1 heterocycles. The molecule has 1 aromatic carbocycles. The highest BCUT2D eigenvalue weighted by molar-refractivity contribution is 7.99. The van der Waals surface area contributed by atoms with Crippen molar-refractivity contribution in [2.24, 2.45) is 0 Å². The molecule has 2 aromatic rings. The second-order valence-electron chi connectivity index (χ2n) is 4.19. The van der Waals surface area contributed by atoms with Crippen LogP contribution in [0.15, 0.2) is 36.7 Å².